The van der Waals surface area contributed by atoms with Gasteiger partial charge in [-0.3, -0.25) is 19.4 Å². The van der Waals surface area contributed by atoms with E-state index in [0.29, 0.717) is 30.3 Å². The summed E-state index contributed by atoms with van der Waals surface area (Å²) in [7, 11) is 0. The molecule has 2 N–H and O–H groups in total. The van der Waals surface area contributed by atoms with Gasteiger partial charge in [0.05, 0.1) is 17.6 Å². The van der Waals surface area contributed by atoms with Gasteiger partial charge in [-0.25, -0.2) is 4.98 Å². The largest absolute Gasteiger partial charge is 0.395 e. The normalized spacial score (nSPS) is 14.7. The molecule has 3 aromatic heterocycles. The number of fused-ring (bicyclic) bond motifs is 2. The van der Waals surface area contributed by atoms with Crippen molar-refractivity contribution in [1.82, 2.24) is 18.9 Å². The summed E-state index contributed by atoms with van der Waals surface area (Å²) in [4.78, 5) is 33.0. The second kappa shape index (κ2) is 9.23. The average molecular weight is 458 g/mol. The molecule has 1 aliphatic heterocycles. The zero-order valence-electron chi connectivity index (χ0n) is 18.9. The molecule has 0 radical (unpaired) electrons. The fourth-order valence-corrected chi connectivity index (χ4v) is 4.83. The zero-order chi connectivity index (χ0) is 23.7. The third-order valence-corrected chi connectivity index (χ3v) is 6.64. The van der Waals surface area contributed by atoms with Crippen LogP contribution in [0, 0.1) is 11.3 Å². The van der Waals surface area contributed by atoms with Crippen molar-refractivity contribution in [3.63, 3.8) is 0 Å². The number of carbonyl (C=O) groups excluding carboxylic acids is 1. The summed E-state index contributed by atoms with van der Waals surface area (Å²) in [5, 5.41) is 18.6. The van der Waals surface area contributed by atoms with Gasteiger partial charge in [0.2, 0.25) is 0 Å². The summed E-state index contributed by atoms with van der Waals surface area (Å²) < 4.78 is 2.89. The van der Waals surface area contributed by atoms with Crippen LogP contribution in [0.5, 0.6) is 0 Å². The third kappa shape index (κ3) is 4.01. The molecule has 1 saturated heterocycles. The van der Waals surface area contributed by atoms with Gasteiger partial charge < -0.3 is 14.6 Å². The Balaban J connectivity index is 1.47. The number of carbonyl (C=O) groups is 1. The Hall–Kier alpha value is -3.78. The summed E-state index contributed by atoms with van der Waals surface area (Å²) >= 11 is 0. The lowest BCUT2D eigenvalue weighted by Gasteiger charge is -2.32. The smallest absolute Gasteiger partial charge is 0.267 e. The van der Waals surface area contributed by atoms with E-state index >= 15 is 0 Å². The maximum absolute atomic E-state index is 13.5. The Kier molecular flexibility index (Phi) is 5.98. The maximum atomic E-state index is 13.5. The van der Waals surface area contributed by atoms with E-state index in [4.69, 9.17) is 5.41 Å². The molecular weight excluding hydrogens is 430 g/mol. The van der Waals surface area contributed by atoms with Gasteiger partial charge in [0.1, 0.15) is 16.8 Å². The number of nitrogens with one attached hydrogen (secondary N) is 1. The van der Waals surface area contributed by atoms with Gasteiger partial charge in [-0.15, -0.1) is 0 Å². The van der Waals surface area contributed by atoms with Crippen molar-refractivity contribution in [2.24, 2.45) is 5.92 Å². The fraction of sp³-hybridized carbons (Fsp3) is 0.308. The molecule has 1 aromatic carbocycles. The molecule has 1 aliphatic rings. The molecule has 4 heterocycles. The van der Waals surface area contributed by atoms with E-state index in [2.05, 4.69) is 17.1 Å². The van der Waals surface area contributed by atoms with Gasteiger partial charge >= 0.3 is 0 Å². The predicted octanol–water partition coefficient (Wildman–Crippen LogP) is 2.22. The van der Waals surface area contributed by atoms with Crippen LogP contribution in [0.3, 0.4) is 0 Å². The number of likely N-dealkylation sites (tertiary alicyclic amines) is 1. The number of pyridine rings is 2. The van der Waals surface area contributed by atoms with Crippen molar-refractivity contribution in [2.45, 2.75) is 25.8 Å². The van der Waals surface area contributed by atoms with Crippen LogP contribution in [0.4, 0.5) is 0 Å². The van der Waals surface area contributed by atoms with Crippen LogP contribution < -0.4 is 11.0 Å². The Morgan fingerprint density at radius 3 is 2.56 bits per heavy atom. The summed E-state index contributed by atoms with van der Waals surface area (Å²) in [6.45, 7) is 1.07. The van der Waals surface area contributed by atoms with Gasteiger partial charge in [-0.05, 0) is 48.9 Å². The highest BCUT2D eigenvalue weighted by molar-refractivity contribution is 5.97. The number of piperidine rings is 1. The van der Waals surface area contributed by atoms with Crippen LogP contribution in [0.25, 0.3) is 16.7 Å². The fourth-order valence-electron chi connectivity index (χ4n) is 4.83. The molecule has 34 heavy (non-hydrogen) atoms. The number of aliphatic hydroxyl groups excluding tert-OH is 1. The zero-order valence-corrected chi connectivity index (χ0v) is 18.9. The van der Waals surface area contributed by atoms with E-state index in [0.717, 1.165) is 19.3 Å². The summed E-state index contributed by atoms with van der Waals surface area (Å²) in [6.07, 6.45) is 4.42. The van der Waals surface area contributed by atoms with E-state index in [-0.39, 0.29) is 41.1 Å². The SMILES string of the molecule is N=c1c(C(=O)N2CCC(Cc3ccccc3)CC2)cc2c(=O)n3ccccc3nc2n1CCO. The van der Waals surface area contributed by atoms with E-state index in [1.807, 2.05) is 18.2 Å². The molecule has 0 spiro atoms. The maximum Gasteiger partial charge on any atom is 0.267 e. The molecule has 0 atom stereocenters. The predicted molar refractivity (Wildman–Crippen MR) is 129 cm³/mol. The lowest BCUT2D eigenvalue weighted by molar-refractivity contribution is 0.0687. The lowest BCUT2D eigenvalue weighted by Crippen LogP contribution is -2.42. The van der Waals surface area contributed by atoms with E-state index in [1.165, 1.54) is 20.6 Å². The van der Waals surface area contributed by atoms with E-state index in [9.17, 15) is 14.7 Å². The molecule has 1 fully saturated rings. The number of nitrogens with zero attached hydrogens (tertiary/aromatic N) is 4. The van der Waals surface area contributed by atoms with E-state index < -0.39 is 0 Å². The minimum absolute atomic E-state index is 0.0369. The summed E-state index contributed by atoms with van der Waals surface area (Å²) in [6, 6.07) is 17.1. The number of amides is 1. The third-order valence-electron chi connectivity index (χ3n) is 6.64. The summed E-state index contributed by atoms with van der Waals surface area (Å²) in [5.74, 6) is 0.257. The van der Waals surface area contributed by atoms with Crippen LogP contribution >= 0.6 is 0 Å². The van der Waals surface area contributed by atoms with Gasteiger partial charge in [-0.2, -0.15) is 0 Å². The number of hydrogen-bond donors (Lipinski definition) is 2. The minimum atomic E-state index is -0.303. The molecule has 1 amide bonds. The Morgan fingerprint density at radius 2 is 1.82 bits per heavy atom. The Bertz CT molecular complexity index is 1470. The molecule has 8 heteroatoms. The van der Waals surface area contributed by atoms with Crippen LogP contribution in [0.1, 0.15) is 28.8 Å². The van der Waals surface area contributed by atoms with Crippen molar-refractivity contribution < 1.29 is 9.90 Å². The first-order valence-electron chi connectivity index (χ1n) is 11.6. The van der Waals surface area contributed by atoms with Crippen molar-refractivity contribution in [3.8, 4) is 0 Å². The van der Waals surface area contributed by atoms with Gasteiger partial charge in [0.25, 0.3) is 11.5 Å². The molecule has 0 bridgehead atoms. The molecule has 174 valence electrons. The van der Waals surface area contributed by atoms with Crippen LogP contribution in [0.15, 0.2) is 65.6 Å². The lowest BCUT2D eigenvalue weighted by atomic mass is 9.90. The number of hydrogen-bond acceptors (Lipinski definition) is 5. The topological polar surface area (TPSA) is 104 Å². The number of aliphatic hydroxyl groups is 1. The first kappa shape index (κ1) is 22.0. The molecular formula is C26H27N5O3. The second-order valence-corrected chi connectivity index (χ2v) is 8.79. The standard InChI is InChI=1S/C26H27N5O3/c27-23-20(25(33)29-12-9-19(10-13-29)16-18-6-2-1-3-7-18)17-21-24(31(23)14-15-32)28-22-8-4-5-11-30(22)26(21)34/h1-8,11,17,19,27,32H,9-10,12-16H2. The Labute approximate surface area is 196 Å². The molecule has 5 rings (SSSR count). The van der Waals surface area contributed by atoms with Crippen LogP contribution in [-0.4, -0.2) is 49.6 Å². The highest BCUT2D eigenvalue weighted by Gasteiger charge is 2.26. The molecule has 0 aliphatic carbocycles. The average Bonchev–Trinajstić information content (AvgIpc) is 2.87. The molecule has 8 nitrogen and oxygen atoms in total. The first-order chi connectivity index (χ1) is 16.6. The Morgan fingerprint density at radius 1 is 1.09 bits per heavy atom. The summed E-state index contributed by atoms with van der Waals surface area (Å²) in [5.41, 5.74) is 1.88. The molecule has 0 unspecified atom stereocenters. The minimum Gasteiger partial charge on any atom is -0.395 e. The van der Waals surface area contributed by atoms with Gasteiger partial charge in [0.15, 0.2) is 0 Å². The highest BCUT2D eigenvalue weighted by atomic mass is 16.3. The number of rotatable bonds is 5. The first-order valence-corrected chi connectivity index (χ1v) is 11.6. The van der Waals surface area contributed by atoms with Gasteiger partial charge in [0, 0.05) is 25.8 Å². The van der Waals surface area contributed by atoms with Crippen molar-refractivity contribution >= 4 is 22.6 Å². The second-order valence-electron chi connectivity index (χ2n) is 8.79. The molecule has 4 aromatic rings. The molecule has 0 saturated carbocycles. The highest BCUT2D eigenvalue weighted by Crippen LogP contribution is 2.23. The van der Waals surface area contributed by atoms with Crippen LogP contribution in [0.2, 0.25) is 0 Å². The van der Waals surface area contributed by atoms with E-state index in [1.54, 1.807) is 29.3 Å². The van der Waals surface area contributed by atoms with Crippen molar-refractivity contribution in [2.75, 3.05) is 19.7 Å². The van der Waals surface area contributed by atoms with Crippen LogP contribution in [-0.2, 0) is 13.0 Å². The number of aromatic nitrogens is 3. The quantitative estimate of drug-likeness (QED) is 0.449. The van der Waals surface area contributed by atoms with Crippen molar-refractivity contribution in [3.05, 3.63) is 87.8 Å². The van der Waals surface area contributed by atoms with Gasteiger partial charge in [-0.1, -0.05) is 36.4 Å². The number of benzene rings is 1. The monoisotopic (exact) mass is 457 g/mol. The van der Waals surface area contributed by atoms with Crippen molar-refractivity contribution in [1.29, 1.82) is 5.41 Å².